The first-order valence-electron chi connectivity index (χ1n) is 5.04. The molecule has 1 aliphatic rings. The summed E-state index contributed by atoms with van der Waals surface area (Å²) in [5.41, 5.74) is 2.23. The number of ether oxygens (including phenoxy) is 1. The molecule has 0 radical (unpaired) electrons. The van der Waals surface area contributed by atoms with Gasteiger partial charge >= 0.3 is 0 Å². The van der Waals surface area contributed by atoms with Crippen LogP contribution in [-0.4, -0.2) is 22.8 Å². The standard InChI is InChI=1S/C11H11BrN2O/c12-8-1-2-11-10(5-8)13-7-14(11)9-3-4-15-6-9/h1-2,5,7,9H,3-4,6H2. The quantitative estimate of drug-likeness (QED) is 0.794. The van der Waals surface area contributed by atoms with Crippen LogP contribution in [0.1, 0.15) is 12.5 Å². The van der Waals surface area contributed by atoms with E-state index in [1.807, 2.05) is 12.4 Å². The number of benzene rings is 1. The summed E-state index contributed by atoms with van der Waals surface area (Å²) in [6, 6.07) is 6.65. The lowest BCUT2D eigenvalue weighted by atomic mass is 10.2. The fraction of sp³-hybridized carbons (Fsp3) is 0.364. The molecule has 0 amide bonds. The first kappa shape index (κ1) is 9.36. The number of halogens is 1. The maximum Gasteiger partial charge on any atom is 0.0961 e. The van der Waals surface area contributed by atoms with Crippen LogP contribution in [0.3, 0.4) is 0 Å². The second-order valence-electron chi connectivity index (χ2n) is 3.80. The molecule has 1 saturated heterocycles. The van der Waals surface area contributed by atoms with Crippen LogP contribution in [0.5, 0.6) is 0 Å². The summed E-state index contributed by atoms with van der Waals surface area (Å²) in [5, 5.41) is 0. The van der Waals surface area contributed by atoms with Gasteiger partial charge in [0.15, 0.2) is 0 Å². The van der Waals surface area contributed by atoms with Crippen LogP contribution in [0, 0.1) is 0 Å². The normalized spacial score (nSPS) is 21.3. The van der Waals surface area contributed by atoms with Crippen molar-refractivity contribution in [3.63, 3.8) is 0 Å². The highest BCUT2D eigenvalue weighted by molar-refractivity contribution is 9.10. The third-order valence-electron chi connectivity index (χ3n) is 2.84. The van der Waals surface area contributed by atoms with Crippen LogP contribution in [0.4, 0.5) is 0 Å². The molecular formula is C11H11BrN2O. The van der Waals surface area contributed by atoms with E-state index in [-0.39, 0.29) is 0 Å². The summed E-state index contributed by atoms with van der Waals surface area (Å²) in [7, 11) is 0. The number of hydrogen-bond acceptors (Lipinski definition) is 2. The van der Waals surface area contributed by atoms with Crippen LogP contribution in [-0.2, 0) is 4.74 Å². The fourth-order valence-electron chi connectivity index (χ4n) is 2.04. The minimum absolute atomic E-state index is 0.455. The van der Waals surface area contributed by atoms with E-state index in [0.29, 0.717) is 6.04 Å². The van der Waals surface area contributed by atoms with Gasteiger partial charge in [-0.25, -0.2) is 4.98 Å². The maximum atomic E-state index is 5.40. The summed E-state index contributed by atoms with van der Waals surface area (Å²) in [5.74, 6) is 0. The van der Waals surface area contributed by atoms with Gasteiger partial charge in [0.1, 0.15) is 0 Å². The van der Waals surface area contributed by atoms with Crippen molar-refractivity contribution < 1.29 is 4.74 Å². The molecule has 1 aliphatic heterocycles. The lowest BCUT2D eigenvalue weighted by molar-refractivity contribution is 0.187. The van der Waals surface area contributed by atoms with Crippen LogP contribution in [0.25, 0.3) is 11.0 Å². The van der Waals surface area contributed by atoms with Gasteiger partial charge in [0.25, 0.3) is 0 Å². The lowest BCUT2D eigenvalue weighted by Gasteiger charge is -2.10. The molecule has 3 rings (SSSR count). The Morgan fingerprint density at radius 2 is 2.40 bits per heavy atom. The average molecular weight is 267 g/mol. The van der Waals surface area contributed by atoms with Gasteiger partial charge in [0, 0.05) is 11.1 Å². The van der Waals surface area contributed by atoms with Gasteiger partial charge in [-0.15, -0.1) is 0 Å². The summed E-state index contributed by atoms with van der Waals surface area (Å²) in [6.45, 7) is 1.67. The number of fused-ring (bicyclic) bond motifs is 1. The zero-order valence-corrected chi connectivity index (χ0v) is 9.77. The molecule has 78 valence electrons. The van der Waals surface area contributed by atoms with Crippen molar-refractivity contribution in [1.82, 2.24) is 9.55 Å². The summed E-state index contributed by atoms with van der Waals surface area (Å²) in [6.07, 6.45) is 3.00. The predicted molar refractivity (Wildman–Crippen MR) is 61.9 cm³/mol. The lowest BCUT2D eigenvalue weighted by Crippen LogP contribution is -2.06. The Morgan fingerprint density at radius 1 is 1.47 bits per heavy atom. The molecule has 1 fully saturated rings. The highest BCUT2D eigenvalue weighted by atomic mass is 79.9. The Bertz CT molecular complexity index is 488. The molecule has 1 aromatic carbocycles. The van der Waals surface area contributed by atoms with E-state index >= 15 is 0 Å². The van der Waals surface area contributed by atoms with E-state index in [1.165, 1.54) is 5.52 Å². The van der Waals surface area contributed by atoms with Crippen molar-refractivity contribution in [2.45, 2.75) is 12.5 Å². The van der Waals surface area contributed by atoms with Crippen LogP contribution >= 0.6 is 15.9 Å². The maximum absolute atomic E-state index is 5.40. The minimum Gasteiger partial charge on any atom is -0.379 e. The van der Waals surface area contributed by atoms with Gasteiger partial charge in [-0.1, -0.05) is 15.9 Å². The second-order valence-corrected chi connectivity index (χ2v) is 4.72. The van der Waals surface area contributed by atoms with Crippen LogP contribution in [0.15, 0.2) is 29.0 Å². The Hall–Kier alpha value is -0.870. The molecule has 2 heterocycles. The predicted octanol–water partition coefficient (Wildman–Crippen LogP) is 2.76. The summed E-state index contributed by atoms with van der Waals surface area (Å²) >= 11 is 3.45. The molecule has 2 aromatic rings. The van der Waals surface area contributed by atoms with Gasteiger partial charge in [-0.2, -0.15) is 0 Å². The largest absolute Gasteiger partial charge is 0.379 e. The van der Waals surface area contributed by atoms with Crippen molar-refractivity contribution in [2.24, 2.45) is 0 Å². The monoisotopic (exact) mass is 266 g/mol. The van der Waals surface area contributed by atoms with Crippen molar-refractivity contribution in [2.75, 3.05) is 13.2 Å². The third-order valence-corrected chi connectivity index (χ3v) is 3.33. The molecule has 0 saturated carbocycles. The highest BCUT2D eigenvalue weighted by Gasteiger charge is 2.19. The van der Waals surface area contributed by atoms with E-state index in [0.717, 1.165) is 29.6 Å². The Kier molecular flexibility index (Phi) is 2.25. The molecule has 1 atom stereocenters. The van der Waals surface area contributed by atoms with Gasteiger partial charge in [0.05, 0.1) is 30.0 Å². The van der Waals surface area contributed by atoms with Crippen molar-refractivity contribution in [3.05, 3.63) is 29.0 Å². The number of rotatable bonds is 1. The van der Waals surface area contributed by atoms with Crippen molar-refractivity contribution in [1.29, 1.82) is 0 Å². The molecule has 0 N–H and O–H groups in total. The number of aromatic nitrogens is 2. The summed E-state index contributed by atoms with van der Waals surface area (Å²) in [4.78, 5) is 4.40. The van der Waals surface area contributed by atoms with Gasteiger partial charge in [-0.3, -0.25) is 0 Å². The number of hydrogen-bond donors (Lipinski definition) is 0. The number of imidazole rings is 1. The smallest absolute Gasteiger partial charge is 0.0961 e. The molecule has 0 aliphatic carbocycles. The van der Waals surface area contributed by atoms with Crippen LogP contribution < -0.4 is 0 Å². The third kappa shape index (κ3) is 1.58. The van der Waals surface area contributed by atoms with Crippen molar-refractivity contribution in [3.8, 4) is 0 Å². The number of nitrogens with zero attached hydrogens (tertiary/aromatic N) is 2. The van der Waals surface area contributed by atoms with E-state index in [1.54, 1.807) is 0 Å². The Morgan fingerprint density at radius 3 is 3.20 bits per heavy atom. The highest BCUT2D eigenvalue weighted by Crippen LogP contribution is 2.25. The molecule has 3 nitrogen and oxygen atoms in total. The summed E-state index contributed by atoms with van der Waals surface area (Å²) < 4.78 is 8.68. The molecule has 0 bridgehead atoms. The molecule has 4 heteroatoms. The van der Waals surface area contributed by atoms with E-state index in [2.05, 4.69) is 37.6 Å². The van der Waals surface area contributed by atoms with Gasteiger partial charge in [0.2, 0.25) is 0 Å². The molecule has 15 heavy (non-hydrogen) atoms. The average Bonchev–Trinajstić information content (AvgIpc) is 2.82. The van der Waals surface area contributed by atoms with E-state index < -0.39 is 0 Å². The molecule has 1 unspecified atom stereocenters. The Labute approximate surface area is 96.2 Å². The van der Waals surface area contributed by atoms with Gasteiger partial charge < -0.3 is 9.30 Å². The van der Waals surface area contributed by atoms with Crippen molar-refractivity contribution >= 4 is 27.0 Å². The first-order valence-corrected chi connectivity index (χ1v) is 5.84. The SMILES string of the molecule is Brc1ccc2c(c1)ncn2C1CCOC1. The minimum atomic E-state index is 0.455. The zero-order valence-electron chi connectivity index (χ0n) is 8.19. The van der Waals surface area contributed by atoms with Crippen LogP contribution in [0.2, 0.25) is 0 Å². The topological polar surface area (TPSA) is 27.1 Å². The van der Waals surface area contributed by atoms with E-state index in [9.17, 15) is 0 Å². The first-order chi connectivity index (χ1) is 7.34. The second kappa shape index (κ2) is 3.61. The fourth-order valence-corrected chi connectivity index (χ4v) is 2.39. The molecule has 1 aromatic heterocycles. The molecule has 0 spiro atoms. The Balaban J connectivity index is 2.11. The zero-order chi connectivity index (χ0) is 10.3. The van der Waals surface area contributed by atoms with Gasteiger partial charge in [-0.05, 0) is 24.6 Å². The van der Waals surface area contributed by atoms with E-state index in [4.69, 9.17) is 4.74 Å². The molecular weight excluding hydrogens is 256 g/mol.